The highest BCUT2D eigenvalue weighted by molar-refractivity contribution is 5.37. The lowest BCUT2D eigenvalue weighted by Crippen LogP contribution is -2.15. The molecule has 0 radical (unpaired) electrons. The molecule has 0 amide bonds. The third-order valence-corrected chi connectivity index (χ3v) is 4.09. The molecule has 0 aliphatic heterocycles. The summed E-state index contributed by atoms with van der Waals surface area (Å²) in [7, 11) is 0. The molecule has 2 aliphatic rings. The molecule has 2 atom stereocenters. The maximum absolute atomic E-state index is 13.7. The van der Waals surface area contributed by atoms with Crippen LogP contribution < -0.4 is 0 Å². The summed E-state index contributed by atoms with van der Waals surface area (Å²) in [5.74, 6) is 0.375. The highest BCUT2D eigenvalue weighted by Crippen LogP contribution is 2.66. The molecule has 3 rings (SSSR count). The van der Waals surface area contributed by atoms with E-state index in [0.717, 1.165) is 18.4 Å². The van der Waals surface area contributed by atoms with E-state index in [9.17, 15) is 9.50 Å². The van der Waals surface area contributed by atoms with Gasteiger partial charge in [0.05, 0.1) is 5.60 Å². The Hall–Kier alpha value is -0.890. The molecule has 0 aromatic heterocycles. The number of rotatable bonds is 1. The second-order valence-electron chi connectivity index (χ2n) is 4.95. The smallest absolute Gasteiger partial charge is 0.129 e. The van der Waals surface area contributed by atoms with Crippen molar-refractivity contribution in [2.45, 2.75) is 31.8 Å². The largest absolute Gasteiger partial charge is 0.384 e. The van der Waals surface area contributed by atoms with Crippen LogP contribution in [-0.4, -0.2) is 5.11 Å². The van der Waals surface area contributed by atoms with Gasteiger partial charge in [-0.3, -0.25) is 0 Å². The first-order valence-electron chi connectivity index (χ1n) is 5.63. The van der Waals surface area contributed by atoms with Gasteiger partial charge in [0.25, 0.3) is 0 Å². The van der Waals surface area contributed by atoms with Crippen molar-refractivity contribution >= 4 is 0 Å². The van der Waals surface area contributed by atoms with Gasteiger partial charge in [-0.15, -0.1) is 0 Å². The van der Waals surface area contributed by atoms with Crippen molar-refractivity contribution in [1.82, 2.24) is 0 Å². The molecule has 2 fully saturated rings. The quantitative estimate of drug-likeness (QED) is 0.749. The highest BCUT2D eigenvalue weighted by Gasteiger charge is 2.66. The number of aliphatic hydroxyl groups is 1. The van der Waals surface area contributed by atoms with E-state index in [1.54, 1.807) is 12.1 Å². The van der Waals surface area contributed by atoms with Gasteiger partial charge in [-0.1, -0.05) is 24.1 Å². The summed E-state index contributed by atoms with van der Waals surface area (Å²) >= 11 is 0. The van der Waals surface area contributed by atoms with Crippen molar-refractivity contribution in [3.05, 3.63) is 35.1 Å². The summed E-state index contributed by atoms with van der Waals surface area (Å²) in [6, 6.07) is 5.02. The Balaban J connectivity index is 2.03. The lowest BCUT2D eigenvalue weighted by Gasteiger charge is -2.16. The number of fused-ring (bicyclic) bond motifs is 1. The molecule has 2 heteroatoms. The minimum Gasteiger partial charge on any atom is -0.384 e. The van der Waals surface area contributed by atoms with Crippen LogP contribution in [0.4, 0.5) is 4.39 Å². The lowest BCUT2D eigenvalue weighted by atomic mass is 9.97. The first kappa shape index (κ1) is 9.34. The van der Waals surface area contributed by atoms with Gasteiger partial charge in [-0.2, -0.15) is 0 Å². The second kappa shape index (κ2) is 2.82. The maximum atomic E-state index is 13.7. The molecule has 2 saturated carbocycles. The third-order valence-electron chi connectivity index (χ3n) is 4.09. The standard InChI is InChI=1S/C13H15FO/c1-8-5-6-12(14)11(7-8)13(15)9-3-2-4-10(9)13/h5-7,9-10,15H,2-4H2,1H3. The average Bonchev–Trinajstić information content (AvgIpc) is 2.67. The maximum Gasteiger partial charge on any atom is 0.129 e. The molecule has 1 aromatic rings. The van der Waals surface area contributed by atoms with Crippen molar-refractivity contribution in [2.75, 3.05) is 0 Å². The van der Waals surface area contributed by atoms with E-state index >= 15 is 0 Å². The van der Waals surface area contributed by atoms with Crippen molar-refractivity contribution in [3.8, 4) is 0 Å². The van der Waals surface area contributed by atoms with Crippen molar-refractivity contribution in [2.24, 2.45) is 11.8 Å². The van der Waals surface area contributed by atoms with E-state index in [4.69, 9.17) is 0 Å². The minimum absolute atomic E-state index is 0.252. The predicted octanol–water partition coefficient (Wildman–Crippen LogP) is 2.75. The summed E-state index contributed by atoms with van der Waals surface area (Å²) in [5.41, 5.74) is 0.705. The van der Waals surface area contributed by atoms with Gasteiger partial charge >= 0.3 is 0 Å². The lowest BCUT2D eigenvalue weighted by molar-refractivity contribution is 0.101. The summed E-state index contributed by atoms with van der Waals surface area (Å²) in [5, 5.41) is 10.4. The van der Waals surface area contributed by atoms with Gasteiger partial charge in [0.1, 0.15) is 5.82 Å². The van der Waals surface area contributed by atoms with Crippen LogP contribution in [0, 0.1) is 24.6 Å². The molecule has 15 heavy (non-hydrogen) atoms. The monoisotopic (exact) mass is 206 g/mol. The Morgan fingerprint density at radius 1 is 1.33 bits per heavy atom. The minimum atomic E-state index is -0.839. The molecule has 80 valence electrons. The molecule has 1 N–H and O–H groups in total. The van der Waals surface area contributed by atoms with E-state index in [0.29, 0.717) is 17.4 Å². The van der Waals surface area contributed by atoms with Gasteiger partial charge in [0.2, 0.25) is 0 Å². The van der Waals surface area contributed by atoms with Crippen LogP contribution in [0.1, 0.15) is 30.4 Å². The highest BCUT2D eigenvalue weighted by atomic mass is 19.1. The van der Waals surface area contributed by atoms with Crippen LogP contribution >= 0.6 is 0 Å². The average molecular weight is 206 g/mol. The fraction of sp³-hybridized carbons (Fsp3) is 0.538. The zero-order valence-corrected chi connectivity index (χ0v) is 8.83. The Labute approximate surface area is 88.9 Å². The fourth-order valence-electron chi connectivity index (χ4n) is 3.27. The van der Waals surface area contributed by atoms with Crippen molar-refractivity contribution < 1.29 is 9.50 Å². The number of benzene rings is 1. The van der Waals surface area contributed by atoms with E-state index in [1.807, 2.05) is 6.92 Å². The van der Waals surface area contributed by atoms with Gasteiger partial charge in [-0.25, -0.2) is 4.39 Å². The topological polar surface area (TPSA) is 20.2 Å². The van der Waals surface area contributed by atoms with E-state index < -0.39 is 5.60 Å². The van der Waals surface area contributed by atoms with Gasteiger partial charge < -0.3 is 5.11 Å². The number of halogens is 1. The zero-order chi connectivity index (χ0) is 10.6. The zero-order valence-electron chi connectivity index (χ0n) is 8.83. The summed E-state index contributed by atoms with van der Waals surface area (Å²) < 4.78 is 13.7. The Morgan fingerprint density at radius 2 is 2.00 bits per heavy atom. The molecular weight excluding hydrogens is 191 g/mol. The molecule has 2 aliphatic carbocycles. The van der Waals surface area contributed by atoms with Gasteiger partial charge in [0, 0.05) is 5.56 Å². The molecule has 0 heterocycles. The van der Waals surface area contributed by atoms with Crippen LogP contribution in [-0.2, 0) is 5.60 Å². The molecule has 0 bridgehead atoms. The first-order valence-corrected chi connectivity index (χ1v) is 5.63. The van der Waals surface area contributed by atoms with Crippen molar-refractivity contribution in [3.63, 3.8) is 0 Å². The van der Waals surface area contributed by atoms with Crippen LogP contribution in [0.3, 0.4) is 0 Å². The molecular formula is C13H15FO. The third kappa shape index (κ3) is 1.11. The summed E-state index contributed by atoms with van der Waals surface area (Å²) in [6.45, 7) is 1.93. The number of hydrogen-bond acceptors (Lipinski definition) is 1. The number of aryl methyl sites for hydroxylation is 1. The van der Waals surface area contributed by atoms with Crippen LogP contribution in [0.15, 0.2) is 18.2 Å². The molecule has 0 saturated heterocycles. The van der Waals surface area contributed by atoms with Crippen molar-refractivity contribution in [1.29, 1.82) is 0 Å². The Bertz CT molecular complexity index is 403. The molecule has 0 spiro atoms. The molecule has 2 unspecified atom stereocenters. The van der Waals surface area contributed by atoms with E-state index in [1.165, 1.54) is 12.5 Å². The van der Waals surface area contributed by atoms with Crippen LogP contribution in [0.2, 0.25) is 0 Å². The molecule has 1 aromatic carbocycles. The predicted molar refractivity (Wildman–Crippen MR) is 55.9 cm³/mol. The Morgan fingerprint density at radius 3 is 2.67 bits per heavy atom. The Kier molecular flexibility index (Phi) is 1.76. The van der Waals surface area contributed by atoms with Crippen LogP contribution in [0.25, 0.3) is 0 Å². The SMILES string of the molecule is Cc1ccc(F)c(C2(O)C3CCCC32)c1. The van der Waals surface area contributed by atoms with E-state index in [2.05, 4.69) is 0 Å². The summed E-state index contributed by atoms with van der Waals surface area (Å²) in [4.78, 5) is 0. The van der Waals surface area contributed by atoms with Gasteiger partial charge in [0.15, 0.2) is 0 Å². The van der Waals surface area contributed by atoms with E-state index in [-0.39, 0.29) is 5.82 Å². The normalized spacial score (nSPS) is 37.8. The first-order chi connectivity index (χ1) is 7.14. The number of hydrogen-bond donors (Lipinski definition) is 1. The molecule has 1 nitrogen and oxygen atoms in total. The second-order valence-corrected chi connectivity index (χ2v) is 4.95. The summed E-state index contributed by atoms with van der Waals surface area (Å²) in [6.07, 6.45) is 3.29. The van der Waals surface area contributed by atoms with Crippen LogP contribution in [0.5, 0.6) is 0 Å². The fourth-order valence-corrected chi connectivity index (χ4v) is 3.27. The van der Waals surface area contributed by atoms with Gasteiger partial charge in [-0.05, 0) is 37.7 Å².